The van der Waals surface area contributed by atoms with Gasteiger partial charge in [-0.1, -0.05) is 17.7 Å². The molecule has 1 amide bonds. The highest BCUT2D eigenvalue weighted by molar-refractivity contribution is 6.33. The van der Waals surface area contributed by atoms with Gasteiger partial charge >= 0.3 is 0 Å². The van der Waals surface area contributed by atoms with Crippen LogP contribution in [0.4, 0.5) is 8.78 Å². The van der Waals surface area contributed by atoms with Gasteiger partial charge in [0.05, 0.1) is 18.3 Å². The molecule has 2 aliphatic rings. The quantitative estimate of drug-likeness (QED) is 0.542. The second-order valence-electron chi connectivity index (χ2n) is 9.03. The number of hydrogen-bond acceptors (Lipinski definition) is 4. The van der Waals surface area contributed by atoms with Crippen molar-refractivity contribution in [1.82, 2.24) is 14.9 Å². The van der Waals surface area contributed by atoms with Crippen molar-refractivity contribution < 1.29 is 18.7 Å². The lowest BCUT2D eigenvalue weighted by Crippen LogP contribution is -2.47. The van der Waals surface area contributed by atoms with E-state index in [4.69, 9.17) is 11.6 Å². The molecule has 0 radical (unpaired) electrons. The summed E-state index contributed by atoms with van der Waals surface area (Å²) in [5.41, 5.74) is 2.53. The van der Waals surface area contributed by atoms with Gasteiger partial charge in [0.25, 0.3) is 5.91 Å². The largest absolute Gasteiger partial charge is 0.390 e. The van der Waals surface area contributed by atoms with Crippen LogP contribution in [-0.2, 0) is 5.67 Å². The number of benzene rings is 1. The molecule has 1 saturated heterocycles. The highest BCUT2D eigenvalue weighted by Gasteiger charge is 2.40. The first-order valence-corrected chi connectivity index (χ1v) is 11.7. The molecule has 1 N–H and O–H groups in total. The smallest absolute Gasteiger partial charge is 0.254 e. The van der Waals surface area contributed by atoms with Crippen molar-refractivity contribution in [1.29, 1.82) is 0 Å². The van der Waals surface area contributed by atoms with E-state index in [9.17, 15) is 18.7 Å². The first kappa shape index (κ1) is 22.9. The van der Waals surface area contributed by atoms with E-state index in [1.807, 2.05) is 12.1 Å². The molecule has 1 aliphatic heterocycles. The van der Waals surface area contributed by atoms with Crippen molar-refractivity contribution in [3.8, 4) is 22.3 Å². The van der Waals surface area contributed by atoms with Crippen LogP contribution in [0.15, 0.2) is 55.0 Å². The Hall–Kier alpha value is -2.90. The number of piperidine rings is 1. The van der Waals surface area contributed by atoms with E-state index in [0.717, 1.165) is 23.1 Å². The van der Waals surface area contributed by atoms with E-state index in [2.05, 4.69) is 9.97 Å². The van der Waals surface area contributed by atoms with Crippen LogP contribution in [0.2, 0.25) is 5.02 Å². The number of carbonyl (C=O) groups is 1. The third kappa shape index (κ3) is 4.30. The van der Waals surface area contributed by atoms with Crippen molar-refractivity contribution in [3.05, 3.63) is 71.3 Å². The molecule has 176 valence electrons. The first-order chi connectivity index (χ1) is 16.3. The van der Waals surface area contributed by atoms with E-state index in [1.165, 1.54) is 4.90 Å². The molecule has 0 spiro atoms. The molecule has 0 bridgehead atoms. The molecule has 34 heavy (non-hydrogen) atoms. The van der Waals surface area contributed by atoms with Crippen LogP contribution in [0.1, 0.15) is 41.7 Å². The van der Waals surface area contributed by atoms with Crippen molar-refractivity contribution in [2.45, 2.75) is 43.6 Å². The highest BCUT2D eigenvalue weighted by Crippen LogP contribution is 2.44. The molecule has 3 heterocycles. The number of alkyl halides is 2. The zero-order valence-corrected chi connectivity index (χ0v) is 19.2. The van der Waals surface area contributed by atoms with E-state index in [0.29, 0.717) is 41.2 Å². The zero-order valence-electron chi connectivity index (χ0n) is 18.4. The Morgan fingerprint density at radius 3 is 2.62 bits per heavy atom. The maximum Gasteiger partial charge on any atom is 0.254 e. The normalized spacial score (nSPS) is 21.7. The molecule has 2 atom stereocenters. The number of amides is 1. The van der Waals surface area contributed by atoms with Gasteiger partial charge in [0, 0.05) is 52.4 Å². The summed E-state index contributed by atoms with van der Waals surface area (Å²) >= 11 is 6.54. The minimum atomic E-state index is -1.45. The van der Waals surface area contributed by atoms with Crippen molar-refractivity contribution >= 4 is 17.5 Å². The van der Waals surface area contributed by atoms with Gasteiger partial charge in [-0.15, -0.1) is 0 Å². The van der Waals surface area contributed by atoms with Gasteiger partial charge in [-0.05, 0) is 61.6 Å². The maximum absolute atomic E-state index is 14.8. The van der Waals surface area contributed by atoms with Gasteiger partial charge in [0.15, 0.2) is 5.67 Å². The lowest BCUT2D eigenvalue weighted by atomic mass is 9.79. The number of aromatic nitrogens is 2. The Kier molecular flexibility index (Phi) is 6.08. The summed E-state index contributed by atoms with van der Waals surface area (Å²) < 4.78 is 28.7. The van der Waals surface area contributed by atoms with Crippen molar-refractivity contribution in [2.75, 3.05) is 13.1 Å². The fraction of sp³-hybridized carbons (Fsp3) is 0.346. The third-order valence-corrected chi connectivity index (χ3v) is 7.07. The van der Waals surface area contributed by atoms with Gasteiger partial charge in [0.1, 0.15) is 6.17 Å². The molecule has 0 unspecified atom stereocenters. The van der Waals surface area contributed by atoms with Crippen LogP contribution in [0.3, 0.4) is 0 Å². The summed E-state index contributed by atoms with van der Waals surface area (Å²) in [5.74, 6) is -0.324. The molecule has 1 aromatic carbocycles. The maximum atomic E-state index is 14.8. The molecular weight excluding hydrogens is 460 g/mol. The topological polar surface area (TPSA) is 66.3 Å². The summed E-state index contributed by atoms with van der Waals surface area (Å²) in [5, 5.41) is 9.93. The molecule has 2 fully saturated rings. The van der Waals surface area contributed by atoms with Gasteiger partial charge in [-0.2, -0.15) is 0 Å². The number of rotatable bonds is 4. The lowest BCUT2D eigenvalue weighted by Gasteiger charge is -2.33. The molecule has 1 aliphatic carbocycles. The highest BCUT2D eigenvalue weighted by atomic mass is 35.5. The van der Waals surface area contributed by atoms with Gasteiger partial charge in [-0.25, -0.2) is 8.78 Å². The van der Waals surface area contributed by atoms with Crippen LogP contribution >= 0.6 is 11.6 Å². The number of likely N-dealkylation sites (tertiary alicyclic amines) is 1. The number of hydrogen-bond donors (Lipinski definition) is 1. The standard InChI is InChI=1S/C26H24ClF2N3O2/c27-21-11-17(25(34)32-9-5-23(33)22(28)15-32)2-3-20(21)19-10-18(13-30-14-19)16-4-8-31-24(12-16)26(29)6-1-7-26/h2-4,8,10-14,22-23,33H,1,5-7,9,15H2/t22-,23-/m1/s1. The molecule has 5 rings (SSSR count). The average Bonchev–Trinajstić information content (AvgIpc) is 2.84. The summed E-state index contributed by atoms with van der Waals surface area (Å²) in [6, 6.07) is 10.5. The van der Waals surface area contributed by atoms with E-state index in [-0.39, 0.29) is 18.9 Å². The van der Waals surface area contributed by atoms with Crippen LogP contribution in [0.5, 0.6) is 0 Å². The number of carbonyl (C=O) groups excluding carboxylic acids is 1. The van der Waals surface area contributed by atoms with Gasteiger partial charge in [-0.3, -0.25) is 14.8 Å². The summed E-state index contributed by atoms with van der Waals surface area (Å²) in [6.45, 7) is 0.152. The van der Waals surface area contributed by atoms with Crippen LogP contribution in [0, 0.1) is 0 Å². The number of nitrogens with zero attached hydrogens (tertiary/aromatic N) is 3. The zero-order chi connectivity index (χ0) is 23.9. The third-order valence-electron chi connectivity index (χ3n) is 6.76. The Morgan fingerprint density at radius 2 is 1.91 bits per heavy atom. The second kappa shape index (κ2) is 9.04. The predicted molar refractivity (Wildman–Crippen MR) is 126 cm³/mol. The fourth-order valence-corrected chi connectivity index (χ4v) is 4.77. The predicted octanol–water partition coefficient (Wildman–Crippen LogP) is 5.36. The fourth-order valence-electron chi connectivity index (χ4n) is 4.49. The Morgan fingerprint density at radius 1 is 1.12 bits per heavy atom. The second-order valence-corrected chi connectivity index (χ2v) is 9.44. The van der Waals surface area contributed by atoms with Crippen LogP contribution < -0.4 is 0 Å². The van der Waals surface area contributed by atoms with Crippen LogP contribution in [0.25, 0.3) is 22.3 Å². The monoisotopic (exact) mass is 483 g/mol. The van der Waals surface area contributed by atoms with Crippen molar-refractivity contribution in [3.63, 3.8) is 0 Å². The van der Waals surface area contributed by atoms with E-state index < -0.39 is 17.9 Å². The molecule has 1 saturated carbocycles. The number of aliphatic hydroxyl groups is 1. The lowest BCUT2D eigenvalue weighted by molar-refractivity contribution is 0.00826. The number of halogens is 3. The van der Waals surface area contributed by atoms with E-state index in [1.54, 1.807) is 42.9 Å². The summed E-state index contributed by atoms with van der Waals surface area (Å²) in [7, 11) is 0. The Bertz CT molecular complexity index is 1230. The molecular formula is C26H24ClF2N3O2. The molecule has 8 heteroatoms. The van der Waals surface area contributed by atoms with E-state index >= 15 is 0 Å². The molecule has 3 aromatic rings. The molecule has 2 aromatic heterocycles. The Balaban J connectivity index is 1.39. The van der Waals surface area contributed by atoms with Crippen LogP contribution in [-0.4, -0.2) is 51.2 Å². The minimum Gasteiger partial charge on any atom is -0.390 e. The minimum absolute atomic E-state index is 0.139. The summed E-state index contributed by atoms with van der Waals surface area (Å²) in [4.78, 5) is 22.8. The molecule has 5 nitrogen and oxygen atoms in total. The number of aliphatic hydroxyl groups excluding tert-OH is 1. The number of pyridine rings is 2. The van der Waals surface area contributed by atoms with Gasteiger partial charge in [0.2, 0.25) is 0 Å². The summed E-state index contributed by atoms with van der Waals surface area (Å²) in [6.07, 6.45) is 4.57. The first-order valence-electron chi connectivity index (χ1n) is 11.4. The average molecular weight is 484 g/mol. The Labute approximate surface area is 201 Å². The van der Waals surface area contributed by atoms with Gasteiger partial charge < -0.3 is 10.0 Å². The SMILES string of the molecule is O=C(c1ccc(-c2cncc(-c3ccnc(C4(F)CCC4)c3)c2)c(Cl)c1)N1CC[C@@H](O)[C@H](F)C1. The van der Waals surface area contributed by atoms with Crippen molar-refractivity contribution in [2.24, 2.45) is 0 Å².